The smallest absolute Gasteiger partial charge is 0.199 e. The fourth-order valence-corrected chi connectivity index (χ4v) is 4.40. The highest BCUT2D eigenvalue weighted by Gasteiger charge is 2.17. The summed E-state index contributed by atoms with van der Waals surface area (Å²) in [4.78, 5) is 0. The minimum atomic E-state index is -0.148. The van der Waals surface area contributed by atoms with E-state index in [-0.39, 0.29) is 12.0 Å². The van der Waals surface area contributed by atoms with E-state index in [1.807, 2.05) is 24.3 Å². The van der Waals surface area contributed by atoms with Crippen LogP contribution in [0.5, 0.6) is 11.5 Å². The first kappa shape index (κ1) is 23.1. The minimum absolute atomic E-state index is 0.148. The Kier molecular flexibility index (Phi) is 8.21. The van der Waals surface area contributed by atoms with Crippen molar-refractivity contribution < 1.29 is 14.6 Å². The molecule has 172 valence electrons. The molecule has 3 heteroatoms. The zero-order valence-electron chi connectivity index (χ0n) is 19.5. The Hall–Kier alpha value is -3.04. The van der Waals surface area contributed by atoms with E-state index in [9.17, 15) is 5.11 Å². The van der Waals surface area contributed by atoms with Gasteiger partial charge in [-0.1, -0.05) is 74.4 Å². The van der Waals surface area contributed by atoms with Crippen LogP contribution >= 0.6 is 0 Å². The van der Waals surface area contributed by atoms with E-state index in [4.69, 9.17) is 9.47 Å². The molecule has 0 aliphatic carbocycles. The molecule has 1 aliphatic heterocycles. The summed E-state index contributed by atoms with van der Waals surface area (Å²) in [6.07, 6.45) is 7.58. The van der Waals surface area contributed by atoms with Crippen molar-refractivity contribution in [3.8, 4) is 11.5 Å². The molecule has 1 saturated heterocycles. The van der Waals surface area contributed by atoms with Crippen LogP contribution < -0.4 is 4.74 Å². The van der Waals surface area contributed by atoms with Crippen molar-refractivity contribution in [2.45, 2.75) is 58.2 Å². The van der Waals surface area contributed by atoms with Gasteiger partial charge in [-0.3, -0.25) is 0 Å². The van der Waals surface area contributed by atoms with E-state index in [2.05, 4.69) is 49.4 Å². The molecule has 0 aromatic heterocycles. The maximum atomic E-state index is 9.89. The molecule has 0 amide bonds. The summed E-state index contributed by atoms with van der Waals surface area (Å²) in [7, 11) is 0. The highest BCUT2D eigenvalue weighted by molar-refractivity contribution is 5.98. The molecule has 1 heterocycles. The Labute approximate surface area is 197 Å². The average Bonchev–Trinajstić information content (AvgIpc) is 2.86. The lowest BCUT2D eigenvalue weighted by molar-refractivity contribution is -0.105. The van der Waals surface area contributed by atoms with Crippen LogP contribution in [0.2, 0.25) is 0 Å². The first-order valence-corrected chi connectivity index (χ1v) is 12.2. The predicted molar refractivity (Wildman–Crippen MR) is 135 cm³/mol. The lowest BCUT2D eigenvalue weighted by Crippen LogP contribution is -2.24. The Bertz CT molecular complexity index is 1010. The number of hydrogen-bond acceptors (Lipinski definition) is 3. The number of benzene rings is 3. The Balaban J connectivity index is 1.74. The SMILES string of the molecule is CCCCC/C(=C(/c1ccc(O)cc1)c1ccc(OC2CCCCO2)cc1)c1ccccc1. The van der Waals surface area contributed by atoms with Gasteiger partial charge < -0.3 is 14.6 Å². The standard InChI is InChI=1S/C30H34O3/c1-2-3-5-12-28(23-10-6-4-7-11-23)30(24-14-18-26(31)19-15-24)25-16-20-27(21-17-25)33-29-13-8-9-22-32-29/h4,6-7,10-11,14-21,29,31H,2-3,5,8-9,12-13,22H2,1H3/b30-28+. The van der Waals surface area contributed by atoms with Crippen molar-refractivity contribution in [3.05, 3.63) is 95.6 Å². The Morgan fingerprint density at radius 1 is 0.848 bits per heavy atom. The lowest BCUT2D eigenvalue weighted by atomic mass is 9.87. The number of rotatable bonds is 9. The van der Waals surface area contributed by atoms with Crippen molar-refractivity contribution in [2.24, 2.45) is 0 Å². The molecule has 3 aromatic rings. The molecule has 1 N–H and O–H groups in total. The van der Waals surface area contributed by atoms with Crippen LogP contribution in [-0.2, 0) is 4.74 Å². The van der Waals surface area contributed by atoms with Crippen LogP contribution in [0, 0.1) is 0 Å². The first-order valence-electron chi connectivity index (χ1n) is 12.2. The van der Waals surface area contributed by atoms with Gasteiger partial charge in [-0.25, -0.2) is 0 Å². The van der Waals surface area contributed by atoms with Gasteiger partial charge in [0, 0.05) is 6.42 Å². The summed E-state index contributed by atoms with van der Waals surface area (Å²) >= 11 is 0. The summed E-state index contributed by atoms with van der Waals surface area (Å²) in [6.45, 7) is 3.01. The van der Waals surface area contributed by atoms with E-state index in [1.165, 1.54) is 29.6 Å². The fraction of sp³-hybridized carbons (Fsp3) is 0.333. The van der Waals surface area contributed by atoms with Crippen LogP contribution in [0.3, 0.4) is 0 Å². The number of hydrogen-bond donors (Lipinski definition) is 1. The van der Waals surface area contributed by atoms with Gasteiger partial charge in [-0.05, 0) is 77.8 Å². The van der Waals surface area contributed by atoms with E-state index < -0.39 is 0 Å². The molecule has 0 radical (unpaired) electrons. The molecular formula is C30H34O3. The molecule has 0 bridgehead atoms. The third kappa shape index (κ3) is 6.27. The van der Waals surface area contributed by atoms with Gasteiger partial charge >= 0.3 is 0 Å². The average molecular weight is 443 g/mol. The predicted octanol–water partition coefficient (Wildman–Crippen LogP) is 7.84. The molecule has 3 aromatic carbocycles. The molecule has 0 saturated carbocycles. The maximum absolute atomic E-state index is 9.89. The van der Waals surface area contributed by atoms with E-state index in [0.29, 0.717) is 0 Å². The number of ether oxygens (including phenoxy) is 2. The second-order valence-corrected chi connectivity index (χ2v) is 8.66. The van der Waals surface area contributed by atoms with Gasteiger partial charge in [0.15, 0.2) is 6.29 Å². The number of phenols is 1. The molecule has 4 rings (SSSR count). The molecule has 1 fully saturated rings. The van der Waals surface area contributed by atoms with Gasteiger partial charge in [0.05, 0.1) is 6.61 Å². The van der Waals surface area contributed by atoms with Crippen LogP contribution in [0.25, 0.3) is 11.1 Å². The molecule has 3 nitrogen and oxygen atoms in total. The molecule has 0 spiro atoms. The monoisotopic (exact) mass is 442 g/mol. The van der Waals surface area contributed by atoms with Crippen molar-refractivity contribution >= 4 is 11.1 Å². The zero-order valence-corrected chi connectivity index (χ0v) is 19.5. The topological polar surface area (TPSA) is 38.7 Å². The number of allylic oxidation sites excluding steroid dienone is 1. The van der Waals surface area contributed by atoms with Crippen LogP contribution in [0.4, 0.5) is 0 Å². The number of phenolic OH excluding ortho intramolecular Hbond substituents is 1. The quantitative estimate of drug-likeness (QED) is 0.271. The molecular weight excluding hydrogens is 408 g/mol. The summed E-state index contributed by atoms with van der Waals surface area (Å²) < 4.78 is 11.8. The number of unbranched alkanes of at least 4 members (excludes halogenated alkanes) is 2. The van der Waals surface area contributed by atoms with Crippen molar-refractivity contribution in [3.63, 3.8) is 0 Å². The van der Waals surface area contributed by atoms with E-state index in [0.717, 1.165) is 55.6 Å². The summed E-state index contributed by atoms with van der Waals surface area (Å²) in [5.41, 5.74) is 6.03. The second-order valence-electron chi connectivity index (χ2n) is 8.66. The van der Waals surface area contributed by atoms with Crippen LogP contribution in [-0.4, -0.2) is 18.0 Å². The minimum Gasteiger partial charge on any atom is -0.508 e. The Morgan fingerprint density at radius 2 is 1.55 bits per heavy atom. The molecule has 1 aliphatic rings. The molecule has 33 heavy (non-hydrogen) atoms. The van der Waals surface area contributed by atoms with Gasteiger partial charge in [0.1, 0.15) is 11.5 Å². The van der Waals surface area contributed by atoms with Crippen molar-refractivity contribution in [1.29, 1.82) is 0 Å². The third-order valence-electron chi connectivity index (χ3n) is 6.16. The van der Waals surface area contributed by atoms with Crippen molar-refractivity contribution in [2.75, 3.05) is 6.61 Å². The first-order chi connectivity index (χ1) is 16.2. The fourth-order valence-electron chi connectivity index (χ4n) is 4.40. The molecule has 1 unspecified atom stereocenters. The van der Waals surface area contributed by atoms with Gasteiger partial charge in [-0.15, -0.1) is 0 Å². The normalized spacial score (nSPS) is 16.8. The molecule has 1 atom stereocenters. The lowest BCUT2D eigenvalue weighted by Gasteiger charge is -2.23. The maximum Gasteiger partial charge on any atom is 0.199 e. The summed E-state index contributed by atoms with van der Waals surface area (Å²) in [5, 5.41) is 9.89. The van der Waals surface area contributed by atoms with Crippen LogP contribution in [0.15, 0.2) is 78.9 Å². The zero-order chi connectivity index (χ0) is 22.9. The highest BCUT2D eigenvalue weighted by Crippen LogP contribution is 2.37. The number of aromatic hydroxyl groups is 1. The van der Waals surface area contributed by atoms with E-state index in [1.54, 1.807) is 12.1 Å². The largest absolute Gasteiger partial charge is 0.508 e. The van der Waals surface area contributed by atoms with E-state index >= 15 is 0 Å². The van der Waals surface area contributed by atoms with Gasteiger partial charge in [-0.2, -0.15) is 0 Å². The van der Waals surface area contributed by atoms with Gasteiger partial charge in [0.2, 0.25) is 0 Å². The van der Waals surface area contributed by atoms with Gasteiger partial charge in [0.25, 0.3) is 0 Å². The summed E-state index contributed by atoms with van der Waals surface area (Å²) in [6, 6.07) is 26.6. The summed E-state index contributed by atoms with van der Waals surface area (Å²) in [5.74, 6) is 1.12. The van der Waals surface area contributed by atoms with Crippen LogP contribution in [0.1, 0.15) is 68.6 Å². The van der Waals surface area contributed by atoms with Crippen molar-refractivity contribution in [1.82, 2.24) is 0 Å². The highest BCUT2D eigenvalue weighted by atomic mass is 16.7. The Morgan fingerprint density at radius 3 is 2.18 bits per heavy atom. The third-order valence-corrected chi connectivity index (χ3v) is 6.16. The second kappa shape index (κ2) is 11.7.